The van der Waals surface area contributed by atoms with E-state index >= 15 is 0 Å². The van der Waals surface area contributed by atoms with Crippen molar-refractivity contribution in [2.75, 3.05) is 19.8 Å². The molecule has 7 heteroatoms. The van der Waals surface area contributed by atoms with Crippen molar-refractivity contribution in [2.24, 2.45) is 0 Å². The minimum atomic E-state index is -3.85. The van der Waals surface area contributed by atoms with E-state index in [2.05, 4.69) is 4.98 Å². The number of nitrogens with one attached hydrogen (secondary N) is 1. The highest BCUT2D eigenvalue weighted by molar-refractivity contribution is 7.89. The number of fused-ring (bicyclic) bond motifs is 1. The molecular weight excluding hydrogens is 232 g/mol. The van der Waals surface area contributed by atoms with Crippen LogP contribution in [0.25, 0.3) is 0 Å². The van der Waals surface area contributed by atoms with Gasteiger partial charge in [-0.05, 0) is 12.1 Å². The Morgan fingerprint density at radius 1 is 1.56 bits per heavy atom. The first-order valence-corrected chi connectivity index (χ1v) is 6.21. The van der Waals surface area contributed by atoms with Crippen LogP contribution in [0.4, 0.5) is 0 Å². The molecule has 0 atom stereocenters. The Bertz CT molecular complexity index is 558. The molecule has 6 nitrogen and oxygen atoms in total. The highest BCUT2D eigenvalue weighted by atomic mass is 32.2. The van der Waals surface area contributed by atoms with Gasteiger partial charge in [-0.25, -0.2) is 18.1 Å². The summed E-state index contributed by atoms with van der Waals surface area (Å²) in [7, 11) is -3.85. The molecule has 0 unspecified atom stereocenters. The summed E-state index contributed by atoms with van der Waals surface area (Å²) in [6.45, 7) is 0.494. The molecule has 2 aliphatic heterocycles. The fourth-order valence-electron chi connectivity index (χ4n) is 1.64. The van der Waals surface area contributed by atoms with E-state index in [9.17, 15) is 8.42 Å². The third kappa shape index (κ3) is 1.40. The van der Waals surface area contributed by atoms with Crippen LogP contribution in [0, 0.1) is 0 Å². The van der Waals surface area contributed by atoms with E-state index in [0.29, 0.717) is 4.72 Å². The third-order valence-electron chi connectivity index (χ3n) is 2.58. The first-order valence-electron chi connectivity index (χ1n) is 5.22. The second-order valence-electron chi connectivity index (χ2n) is 3.85. The van der Waals surface area contributed by atoms with Gasteiger partial charge in [-0.3, -0.25) is 0 Å². The van der Waals surface area contributed by atoms with Crippen molar-refractivity contribution in [2.45, 2.75) is 10.5 Å². The van der Waals surface area contributed by atoms with Crippen molar-refractivity contribution in [1.82, 2.24) is 9.70 Å². The first-order chi connectivity index (χ1) is 8.04. The lowest BCUT2D eigenvalue weighted by Crippen LogP contribution is -2.59. The third-order valence-corrected chi connectivity index (χ3v) is 3.92. The second-order valence-corrected chi connectivity index (χ2v) is 5.50. The van der Waals surface area contributed by atoms with Crippen LogP contribution < -0.4 is 9.45 Å². The molecule has 16 heavy (non-hydrogen) atoms. The Kier molecular flexibility index (Phi) is 1.76. The molecule has 1 saturated heterocycles. The summed E-state index contributed by atoms with van der Waals surface area (Å²) in [6.07, 6.45) is 1.46. The van der Waals surface area contributed by atoms with Crippen molar-refractivity contribution in [3.63, 3.8) is 0 Å². The van der Waals surface area contributed by atoms with Gasteiger partial charge in [0.2, 0.25) is 15.9 Å². The number of nitrogens with zero attached hydrogens (tertiary/aromatic N) is 1. The Morgan fingerprint density at radius 2 is 2.38 bits per heavy atom. The summed E-state index contributed by atoms with van der Waals surface area (Å²) in [5.74, 6) is 0.0468. The van der Waals surface area contributed by atoms with Crippen molar-refractivity contribution in [1.29, 1.82) is 0 Å². The van der Waals surface area contributed by atoms with E-state index in [1.807, 2.05) is 0 Å². The van der Waals surface area contributed by atoms with E-state index in [1.54, 1.807) is 0 Å². The van der Waals surface area contributed by atoms with Gasteiger partial charge in [0.1, 0.15) is 6.31 Å². The minimum absolute atomic E-state index is 0.0468. The normalized spacial score (nSPS) is 27.1. The van der Waals surface area contributed by atoms with Gasteiger partial charge in [0, 0.05) is 6.20 Å². The second kappa shape index (κ2) is 3.16. The van der Waals surface area contributed by atoms with Crippen LogP contribution in [0.2, 0.25) is 1.41 Å². The van der Waals surface area contributed by atoms with Crippen LogP contribution in [0.15, 0.2) is 23.2 Å². The molecular formula is C9H10N2O4S. The topological polar surface area (TPSA) is 77.5 Å². The standard InChI is InChI=1S/C9H10N2O4S/c12-16(13)7-2-1-3-10-8(7)15-9(4-11-16)5-14-6-9/h1-3,11H,4-6H2/i/hD. The van der Waals surface area contributed by atoms with Gasteiger partial charge < -0.3 is 9.47 Å². The van der Waals surface area contributed by atoms with E-state index in [1.165, 1.54) is 18.3 Å². The van der Waals surface area contributed by atoms with Gasteiger partial charge in [-0.1, -0.05) is 0 Å². The molecule has 1 N–H and O–H groups in total. The molecule has 1 aromatic rings. The fourth-order valence-corrected chi connectivity index (χ4v) is 2.75. The zero-order chi connectivity index (χ0) is 12.1. The molecule has 0 amide bonds. The van der Waals surface area contributed by atoms with Crippen LogP contribution in [0.3, 0.4) is 0 Å². The molecule has 0 saturated carbocycles. The average molecular weight is 243 g/mol. The van der Waals surface area contributed by atoms with E-state index in [4.69, 9.17) is 10.9 Å². The molecule has 3 heterocycles. The Morgan fingerprint density at radius 3 is 3.06 bits per heavy atom. The highest BCUT2D eigenvalue weighted by Crippen LogP contribution is 2.31. The van der Waals surface area contributed by atoms with Gasteiger partial charge in [-0.2, -0.15) is 0 Å². The van der Waals surface area contributed by atoms with Gasteiger partial charge in [0.05, 0.1) is 19.8 Å². The minimum Gasteiger partial charge on any atom is -0.464 e. The molecule has 1 fully saturated rings. The van der Waals surface area contributed by atoms with E-state index in [-0.39, 0.29) is 30.5 Å². The maximum Gasteiger partial charge on any atom is 0.246 e. The molecule has 1 aromatic heterocycles. The summed E-state index contributed by atoms with van der Waals surface area (Å²) in [6, 6.07) is 2.89. The smallest absolute Gasteiger partial charge is 0.246 e. The Hall–Kier alpha value is -1.18. The van der Waals surface area contributed by atoms with Crippen molar-refractivity contribution in [3.8, 4) is 5.88 Å². The molecule has 0 bridgehead atoms. The van der Waals surface area contributed by atoms with Crippen molar-refractivity contribution >= 4 is 10.0 Å². The molecule has 0 aromatic carbocycles. The Balaban J connectivity index is 2.16. The Labute approximate surface area is 94.1 Å². The summed E-state index contributed by atoms with van der Waals surface area (Å²) < 4.78 is 42.9. The number of sulfonamides is 1. The summed E-state index contributed by atoms with van der Waals surface area (Å²) in [5, 5.41) is 0. The lowest BCUT2D eigenvalue weighted by molar-refractivity contribution is -0.158. The first kappa shape index (κ1) is 8.91. The molecule has 0 radical (unpaired) electrons. The van der Waals surface area contributed by atoms with E-state index < -0.39 is 15.6 Å². The van der Waals surface area contributed by atoms with Gasteiger partial charge in [0.25, 0.3) is 0 Å². The van der Waals surface area contributed by atoms with Crippen LogP contribution in [-0.4, -0.2) is 38.8 Å². The monoisotopic (exact) mass is 243 g/mol. The molecule has 2 aliphatic rings. The number of aromatic nitrogens is 1. The highest BCUT2D eigenvalue weighted by Gasteiger charge is 2.45. The molecule has 3 rings (SSSR count). The lowest BCUT2D eigenvalue weighted by atomic mass is 10.0. The summed E-state index contributed by atoms with van der Waals surface area (Å²) in [5.41, 5.74) is -0.769. The maximum absolute atomic E-state index is 12.0. The largest absolute Gasteiger partial charge is 0.464 e. The summed E-state index contributed by atoms with van der Waals surface area (Å²) >= 11 is 0. The zero-order valence-corrected chi connectivity index (χ0v) is 9.11. The number of hydrogen-bond donors (Lipinski definition) is 1. The number of rotatable bonds is 0. The SMILES string of the molecule is [2H]N1CC2(COC2)Oc2ncccc2S1(=O)=O. The fraction of sp³-hybridized carbons (Fsp3) is 0.444. The summed E-state index contributed by atoms with van der Waals surface area (Å²) in [4.78, 5) is 3.85. The van der Waals surface area contributed by atoms with Crippen LogP contribution >= 0.6 is 0 Å². The quantitative estimate of drug-likeness (QED) is 0.666. The molecule has 1 spiro atoms. The van der Waals surface area contributed by atoms with Gasteiger partial charge in [0.15, 0.2) is 5.60 Å². The lowest BCUT2D eigenvalue weighted by Gasteiger charge is -2.39. The van der Waals surface area contributed by atoms with Crippen molar-refractivity contribution in [3.05, 3.63) is 18.3 Å². The van der Waals surface area contributed by atoms with Gasteiger partial charge in [-0.15, -0.1) is 0 Å². The zero-order valence-electron chi connectivity index (χ0n) is 9.29. The van der Waals surface area contributed by atoms with Crippen LogP contribution in [0.5, 0.6) is 5.88 Å². The molecule has 0 aliphatic carbocycles. The van der Waals surface area contributed by atoms with Crippen LogP contribution in [-0.2, 0) is 14.8 Å². The average Bonchev–Trinajstić information content (AvgIpc) is 2.34. The van der Waals surface area contributed by atoms with Crippen molar-refractivity contribution < 1.29 is 19.3 Å². The number of hydrogen-bond acceptors (Lipinski definition) is 5. The van der Waals surface area contributed by atoms with E-state index in [0.717, 1.165) is 0 Å². The molecule has 86 valence electrons. The number of pyridine rings is 1. The van der Waals surface area contributed by atoms with Gasteiger partial charge >= 0.3 is 0 Å². The van der Waals surface area contributed by atoms with Crippen LogP contribution in [0.1, 0.15) is 0 Å². The predicted molar refractivity (Wildman–Crippen MR) is 53.6 cm³/mol. The number of ether oxygens (including phenoxy) is 2. The predicted octanol–water partition coefficient (Wildman–Crippen LogP) is -0.479. The maximum atomic E-state index is 12.0.